The van der Waals surface area contributed by atoms with Gasteiger partial charge in [-0.25, -0.2) is 4.39 Å². The first kappa shape index (κ1) is 14.1. The summed E-state index contributed by atoms with van der Waals surface area (Å²) < 4.78 is 24.1. The van der Waals surface area contributed by atoms with E-state index in [1.54, 1.807) is 6.07 Å². The van der Waals surface area contributed by atoms with Gasteiger partial charge in [-0.15, -0.1) is 0 Å². The minimum Gasteiger partial charge on any atom is -0.493 e. The van der Waals surface area contributed by atoms with E-state index in [-0.39, 0.29) is 10.8 Å². The van der Waals surface area contributed by atoms with Crippen LogP contribution in [0.15, 0.2) is 6.07 Å². The molecule has 0 bridgehead atoms. The Morgan fingerprint density at radius 3 is 2.35 bits per heavy atom. The van der Waals surface area contributed by atoms with Crippen molar-refractivity contribution in [2.45, 2.75) is 25.8 Å². The van der Waals surface area contributed by atoms with Gasteiger partial charge in [0.15, 0.2) is 11.5 Å². The first-order valence-electron chi connectivity index (χ1n) is 5.18. The minimum absolute atomic E-state index is 0.0777. The zero-order chi connectivity index (χ0) is 13.2. The molecule has 3 nitrogen and oxygen atoms in total. The van der Waals surface area contributed by atoms with Crippen molar-refractivity contribution >= 4 is 11.6 Å². The van der Waals surface area contributed by atoms with E-state index in [0.29, 0.717) is 17.7 Å². The maximum atomic E-state index is 14.0. The zero-order valence-electron chi connectivity index (χ0n) is 10.4. The summed E-state index contributed by atoms with van der Waals surface area (Å²) in [7, 11) is 2.89. The predicted octanol–water partition coefficient (Wildman–Crippen LogP) is 2.78. The van der Waals surface area contributed by atoms with Gasteiger partial charge in [0.25, 0.3) is 0 Å². The molecule has 0 atom stereocenters. The molecule has 0 radical (unpaired) electrons. The van der Waals surface area contributed by atoms with E-state index in [2.05, 4.69) is 0 Å². The molecule has 2 N–H and O–H groups in total. The maximum absolute atomic E-state index is 14.0. The van der Waals surface area contributed by atoms with Gasteiger partial charge in [0.1, 0.15) is 10.8 Å². The highest BCUT2D eigenvalue weighted by molar-refractivity contribution is 6.32. The lowest BCUT2D eigenvalue weighted by Gasteiger charge is -2.20. The predicted molar refractivity (Wildman–Crippen MR) is 66.5 cm³/mol. The van der Waals surface area contributed by atoms with Crippen LogP contribution in [0.25, 0.3) is 0 Å². The van der Waals surface area contributed by atoms with Crippen LogP contribution in [-0.4, -0.2) is 19.8 Å². The van der Waals surface area contributed by atoms with E-state index in [9.17, 15) is 4.39 Å². The minimum atomic E-state index is -0.524. The molecule has 1 aromatic rings. The lowest BCUT2D eigenvalue weighted by atomic mass is 9.95. The summed E-state index contributed by atoms with van der Waals surface area (Å²) in [5.41, 5.74) is 5.76. The molecule has 0 aliphatic carbocycles. The molecule has 1 aromatic carbocycles. The highest BCUT2D eigenvalue weighted by Crippen LogP contribution is 2.39. The van der Waals surface area contributed by atoms with Crippen LogP contribution in [0.1, 0.15) is 19.4 Å². The Labute approximate surface area is 106 Å². The van der Waals surface area contributed by atoms with Gasteiger partial charge >= 0.3 is 0 Å². The zero-order valence-corrected chi connectivity index (χ0v) is 11.2. The van der Waals surface area contributed by atoms with E-state index in [1.807, 2.05) is 13.8 Å². The van der Waals surface area contributed by atoms with Crippen molar-refractivity contribution in [3.05, 3.63) is 22.5 Å². The van der Waals surface area contributed by atoms with Crippen LogP contribution in [0.2, 0.25) is 5.02 Å². The van der Waals surface area contributed by atoms with Gasteiger partial charge in [-0.3, -0.25) is 0 Å². The topological polar surface area (TPSA) is 44.5 Å². The summed E-state index contributed by atoms with van der Waals surface area (Å²) in [6, 6.07) is 1.56. The maximum Gasteiger partial charge on any atom is 0.182 e. The van der Waals surface area contributed by atoms with Crippen LogP contribution < -0.4 is 15.2 Å². The highest BCUT2D eigenvalue weighted by Gasteiger charge is 2.22. The molecule has 0 unspecified atom stereocenters. The van der Waals surface area contributed by atoms with Crippen molar-refractivity contribution in [3.8, 4) is 11.5 Å². The Balaban J connectivity index is 3.29. The van der Waals surface area contributed by atoms with Crippen LogP contribution in [0.5, 0.6) is 11.5 Å². The highest BCUT2D eigenvalue weighted by atomic mass is 35.5. The van der Waals surface area contributed by atoms with E-state index < -0.39 is 11.4 Å². The normalized spacial score (nSPS) is 11.5. The molecule has 96 valence electrons. The fraction of sp³-hybridized carbons (Fsp3) is 0.500. The largest absolute Gasteiger partial charge is 0.493 e. The lowest BCUT2D eigenvalue weighted by Crippen LogP contribution is -2.34. The molecule has 0 spiro atoms. The summed E-state index contributed by atoms with van der Waals surface area (Å²) in [5, 5.41) is -0.0777. The second kappa shape index (κ2) is 5.10. The van der Waals surface area contributed by atoms with Crippen molar-refractivity contribution in [1.82, 2.24) is 0 Å². The molecule has 0 fully saturated rings. The summed E-state index contributed by atoms with van der Waals surface area (Å²) in [4.78, 5) is 0. The van der Waals surface area contributed by atoms with Gasteiger partial charge in [-0.1, -0.05) is 11.6 Å². The molecular weight excluding hydrogens is 245 g/mol. The standard InChI is InChI=1S/C12H17ClFNO2/c1-12(2,15)6-7-5-8(16-3)11(17-4)9(13)10(7)14/h5H,6,15H2,1-4H3. The summed E-state index contributed by atoms with van der Waals surface area (Å²) in [5.74, 6) is 0.0891. The Morgan fingerprint density at radius 2 is 1.94 bits per heavy atom. The molecular formula is C12H17ClFNO2. The van der Waals surface area contributed by atoms with Gasteiger partial charge in [0.2, 0.25) is 0 Å². The molecule has 0 aliphatic rings. The van der Waals surface area contributed by atoms with Crippen molar-refractivity contribution in [2.75, 3.05) is 14.2 Å². The molecule has 5 heteroatoms. The Kier molecular flexibility index (Phi) is 4.22. The van der Waals surface area contributed by atoms with Crippen LogP contribution in [-0.2, 0) is 6.42 Å². The third-order valence-electron chi connectivity index (χ3n) is 2.27. The second-order valence-electron chi connectivity index (χ2n) is 4.56. The van der Waals surface area contributed by atoms with Crippen LogP contribution in [0.3, 0.4) is 0 Å². The molecule has 17 heavy (non-hydrogen) atoms. The molecule has 0 saturated heterocycles. The number of hydrogen-bond acceptors (Lipinski definition) is 3. The van der Waals surface area contributed by atoms with Crippen LogP contribution >= 0.6 is 11.6 Å². The van der Waals surface area contributed by atoms with Gasteiger partial charge in [0, 0.05) is 5.54 Å². The number of methoxy groups -OCH3 is 2. The monoisotopic (exact) mass is 261 g/mol. The van der Waals surface area contributed by atoms with Gasteiger partial charge < -0.3 is 15.2 Å². The summed E-state index contributed by atoms with van der Waals surface area (Å²) in [6.07, 6.45) is 0.360. The number of hydrogen-bond donors (Lipinski definition) is 1. The lowest BCUT2D eigenvalue weighted by molar-refractivity contribution is 0.351. The van der Waals surface area contributed by atoms with E-state index in [0.717, 1.165) is 0 Å². The van der Waals surface area contributed by atoms with Crippen molar-refractivity contribution in [2.24, 2.45) is 5.73 Å². The number of benzene rings is 1. The molecule has 0 aromatic heterocycles. The molecule has 0 saturated carbocycles. The first-order valence-corrected chi connectivity index (χ1v) is 5.55. The van der Waals surface area contributed by atoms with E-state index in [1.165, 1.54) is 14.2 Å². The van der Waals surface area contributed by atoms with Crippen molar-refractivity contribution in [3.63, 3.8) is 0 Å². The smallest absolute Gasteiger partial charge is 0.182 e. The number of rotatable bonds is 4. The van der Waals surface area contributed by atoms with E-state index in [4.69, 9.17) is 26.8 Å². The SMILES string of the molecule is COc1cc(CC(C)(C)N)c(F)c(Cl)c1OC. The number of ether oxygens (including phenoxy) is 2. The molecule has 1 rings (SSSR count). The average Bonchev–Trinajstić information content (AvgIpc) is 2.22. The number of nitrogens with two attached hydrogens (primary N) is 1. The summed E-state index contributed by atoms with van der Waals surface area (Å²) >= 11 is 5.89. The van der Waals surface area contributed by atoms with Crippen molar-refractivity contribution < 1.29 is 13.9 Å². The molecule has 0 amide bonds. The third kappa shape index (κ3) is 3.23. The van der Waals surface area contributed by atoms with Gasteiger partial charge in [-0.05, 0) is 31.9 Å². The molecule has 0 aliphatic heterocycles. The van der Waals surface area contributed by atoms with Crippen LogP contribution in [0, 0.1) is 5.82 Å². The van der Waals surface area contributed by atoms with Gasteiger partial charge in [0.05, 0.1) is 14.2 Å². The number of halogens is 2. The average molecular weight is 262 g/mol. The third-order valence-corrected chi connectivity index (χ3v) is 2.61. The Morgan fingerprint density at radius 1 is 1.35 bits per heavy atom. The van der Waals surface area contributed by atoms with Crippen LogP contribution in [0.4, 0.5) is 4.39 Å². The fourth-order valence-corrected chi connectivity index (χ4v) is 1.89. The fourth-order valence-electron chi connectivity index (χ4n) is 1.60. The Bertz CT molecular complexity index is 416. The summed E-state index contributed by atoms with van der Waals surface area (Å²) in [6.45, 7) is 3.63. The molecule has 0 heterocycles. The van der Waals surface area contributed by atoms with Gasteiger partial charge in [-0.2, -0.15) is 0 Å². The first-order chi connectivity index (χ1) is 7.80. The quantitative estimate of drug-likeness (QED) is 0.906. The second-order valence-corrected chi connectivity index (χ2v) is 4.94. The Hall–Kier alpha value is -1.00. The van der Waals surface area contributed by atoms with E-state index >= 15 is 0 Å². The van der Waals surface area contributed by atoms with Crippen molar-refractivity contribution in [1.29, 1.82) is 0 Å².